The van der Waals surface area contributed by atoms with Crippen LogP contribution in [-0.2, 0) is 4.79 Å². The van der Waals surface area contributed by atoms with Gasteiger partial charge >= 0.3 is 0 Å². The number of ketones is 1. The third kappa shape index (κ3) is 1.66. The number of rotatable bonds is 2. The van der Waals surface area contributed by atoms with Crippen LogP contribution in [0.2, 0.25) is 0 Å². The van der Waals surface area contributed by atoms with Crippen molar-refractivity contribution in [3.05, 3.63) is 30.3 Å². The van der Waals surface area contributed by atoms with Crippen molar-refractivity contribution in [2.45, 2.75) is 23.3 Å². The van der Waals surface area contributed by atoms with E-state index in [-0.39, 0.29) is 17.6 Å². The van der Waals surface area contributed by atoms with Crippen molar-refractivity contribution in [1.82, 2.24) is 0 Å². The van der Waals surface area contributed by atoms with Crippen LogP contribution in [0, 0.1) is 11.8 Å². The van der Waals surface area contributed by atoms with Crippen LogP contribution in [0.25, 0.3) is 0 Å². The Kier molecular flexibility index (Phi) is 2.60. The minimum atomic E-state index is -0.934. The van der Waals surface area contributed by atoms with Crippen molar-refractivity contribution in [1.29, 1.82) is 0 Å². The van der Waals surface area contributed by atoms with Crippen LogP contribution in [0.5, 0.6) is 5.75 Å². The van der Waals surface area contributed by atoms with Gasteiger partial charge in [-0.15, -0.1) is 23.2 Å². The van der Waals surface area contributed by atoms with Gasteiger partial charge in [0.15, 0.2) is 11.9 Å². The normalized spacial score (nSPS) is 34.0. The monoisotopic (exact) mass is 270 g/mol. The summed E-state index contributed by atoms with van der Waals surface area (Å²) >= 11 is 12.5. The van der Waals surface area contributed by atoms with E-state index in [1.807, 2.05) is 30.3 Å². The first kappa shape index (κ1) is 11.4. The van der Waals surface area contributed by atoms with Gasteiger partial charge in [-0.2, -0.15) is 0 Å². The van der Waals surface area contributed by atoms with Gasteiger partial charge in [-0.1, -0.05) is 18.2 Å². The molecule has 3 rings (SSSR count). The molecule has 0 spiro atoms. The van der Waals surface area contributed by atoms with E-state index in [1.54, 1.807) is 0 Å². The molecular weight excluding hydrogens is 259 g/mol. The highest BCUT2D eigenvalue weighted by Gasteiger charge is 2.64. The van der Waals surface area contributed by atoms with Gasteiger partial charge in [0, 0.05) is 5.92 Å². The lowest BCUT2D eigenvalue weighted by molar-refractivity contribution is -0.128. The van der Waals surface area contributed by atoms with E-state index in [4.69, 9.17) is 27.9 Å². The topological polar surface area (TPSA) is 26.3 Å². The molecule has 90 valence electrons. The van der Waals surface area contributed by atoms with Crippen molar-refractivity contribution in [3.63, 3.8) is 0 Å². The highest BCUT2D eigenvalue weighted by Crippen LogP contribution is 2.57. The number of Topliss-reactive ketones (excluding diaryl/α,β-unsaturated/α-hetero) is 1. The molecule has 0 saturated heterocycles. The first-order chi connectivity index (χ1) is 8.10. The molecule has 4 heteroatoms. The van der Waals surface area contributed by atoms with Gasteiger partial charge in [-0.25, -0.2) is 0 Å². The maximum Gasteiger partial charge on any atom is 0.179 e. The molecule has 17 heavy (non-hydrogen) atoms. The predicted octanol–water partition coefficient (Wildman–Crippen LogP) is 3.22. The van der Waals surface area contributed by atoms with Gasteiger partial charge in [0.2, 0.25) is 0 Å². The maximum absolute atomic E-state index is 12.1. The predicted molar refractivity (Wildman–Crippen MR) is 66.5 cm³/mol. The summed E-state index contributed by atoms with van der Waals surface area (Å²) in [6, 6.07) is 9.33. The summed E-state index contributed by atoms with van der Waals surface area (Å²) in [6.07, 6.45) is 1.16. The summed E-state index contributed by atoms with van der Waals surface area (Å²) in [5.41, 5.74) is 0. The second-order valence-corrected chi connectivity index (χ2v) is 6.11. The largest absolute Gasteiger partial charge is 0.482 e. The number of halogens is 2. The van der Waals surface area contributed by atoms with Crippen molar-refractivity contribution in [2.24, 2.45) is 11.8 Å². The first-order valence-corrected chi connectivity index (χ1v) is 6.49. The molecule has 0 heterocycles. The molecule has 1 aromatic rings. The number of ether oxygens (including phenoxy) is 1. The van der Waals surface area contributed by atoms with Gasteiger partial charge in [0.25, 0.3) is 0 Å². The fraction of sp³-hybridized carbons (Fsp3) is 0.462. The molecule has 0 amide bonds. The lowest BCUT2D eigenvalue weighted by Gasteiger charge is -2.22. The molecule has 1 aromatic carbocycles. The molecule has 2 saturated carbocycles. The number of benzene rings is 1. The lowest BCUT2D eigenvalue weighted by atomic mass is 9.96. The summed E-state index contributed by atoms with van der Waals surface area (Å²) in [5.74, 6) is 0.408. The summed E-state index contributed by atoms with van der Waals surface area (Å²) < 4.78 is 4.80. The SMILES string of the molecule is O=C1C(Oc2ccccc2)C2CCC1C2(Cl)Cl. The zero-order chi connectivity index (χ0) is 12.0. The van der Waals surface area contributed by atoms with Gasteiger partial charge in [0.05, 0.1) is 5.92 Å². The third-order valence-corrected chi connectivity index (χ3v) is 4.81. The molecule has 2 nitrogen and oxygen atoms in total. The van der Waals surface area contributed by atoms with Crippen LogP contribution in [0.15, 0.2) is 30.3 Å². The van der Waals surface area contributed by atoms with Crippen LogP contribution in [0.3, 0.4) is 0 Å². The highest BCUT2D eigenvalue weighted by molar-refractivity contribution is 6.51. The molecule has 0 radical (unpaired) electrons. The van der Waals surface area contributed by atoms with Crippen molar-refractivity contribution < 1.29 is 9.53 Å². The fourth-order valence-electron chi connectivity index (χ4n) is 2.86. The highest BCUT2D eigenvalue weighted by atomic mass is 35.5. The Bertz CT molecular complexity index is 444. The summed E-state index contributed by atoms with van der Waals surface area (Å²) in [7, 11) is 0. The van der Waals surface area contributed by atoms with Gasteiger partial charge in [0.1, 0.15) is 10.1 Å². The standard InChI is InChI=1S/C13H12Cl2O2/c14-13(15)9-6-7-10(13)12(11(9)16)17-8-4-2-1-3-5-8/h1-5,9-10,12H,6-7H2. The quantitative estimate of drug-likeness (QED) is 0.772. The van der Waals surface area contributed by atoms with Crippen LogP contribution < -0.4 is 4.74 Å². The van der Waals surface area contributed by atoms with E-state index >= 15 is 0 Å². The number of para-hydroxylation sites is 1. The van der Waals surface area contributed by atoms with Gasteiger partial charge in [-0.05, 0) is 25.0 Å². The second-order valence-electron chi connectivity index (χ2n) is 4.66. The molecule has 3 unspecified atom stereocenters. The Morgan fingerprint density at radius 1 is 1.18 bits per heavy atom. The van der Waals surface area contributed by atoms with Crippen LogP contribution in [-0.4, -0.2) is 16.2 Å². The zero-order valence-electron chi connectivity index (χ0n) is 9.11. The van der Waals surface area contributed by atoms with Crippen molar-refractivity contribution in [3.8, 4) is 5.75 Å². The van der Waals surface area contributed by atoms with E-state index in [9.17, 15) is 4.79 Å². The van der Waals surface area contributed by atoms with Crippen LogP contribution in [0.1, 0.15) is 12.8 Å². The Morgan fingerprint density at radius 3 is 2.47 bits per heavy atom. The van der Waals surface area contributed by atoms with E-state index in [0.29, 0.717) is 5.75 Å². The number of hydrogen-bond donors (Lipinski definition) is 0. The molecule has 2 aliphatic carbocycles. The minimum Gasteiger partial charge on any atom is -0.482 e. The third-order valence-electron chi connectivity index (χ3n) is 3.72. The zero-order valence-corrected chi connectivity index (χ0v) is 10.6. The lowest BCUT2D eigenvalue weighted by Crippen LogP contribution is -2.33. The maximum atomic E-state index is 12.1. The number of hydrogen-bond acceptors (Lipinski definition) is 2. The molecule has 0 aromatic heterocycles. The number of alkyl halides is 2. The minimum absolute atomic E-state index is 0.0510. The molecular formula is C13H12Cl2O2. The fourth-order valence-corrected chi connectivity index (χ4v) is 3.74. The Morgan fingerprint density at radius 2 is 1.88 bits per heavy atom. The second kappa shape index (κ2) is 3.89. The van der Waals surface area contributed by atoms with Gasteiger partial charge < -0.3 is 4.74 Å². The molecule has 2 fully saturated rings. The summed E-state index contributed by atoms with van der Waals surface area (Å²) in [6.45, 7) is 0. The summed E-state index contributed by atoms with van der Waals surface area (Å²) in [5, 5.41) is 0. The number of carbonyl (C=O) groups excluding carboxylic acids is 1. The Balaban J connectivity index is 1.84. The van der Waals surface area contributed by atoms with Gasteiger partial charge in [-0.3, -0.25) is 4.79 Å². The Labute approximate surface area is 110 Å². The van der Waals surface area contributed by atoms with E-state index in [2.05, 4.69) is 0 Å². The van der Waals surface area contributed by atoms with E-state index < -0.39 is 10.4 Å². The molecule has 0 N–H and O–H groups in total. The Hall–Kier alpha value is -0.730. The summed E-state index contributed by atoms with van der Waals surface area (Å²) in [4.78, 5) is 12.1. The number of carbonyl (C=O) groups is 1. The average molecular weight is 271 g/mol. The number of fused-ring (bicyclic) bond motifs is 2. The van der Waals surface area contributed by atoms with E-state index in [0.717, 1.165) is 12.8 Å². The average Bonchev–Trinajstić information content (AvgIpc) is 2.69. The molecule has 2 aliphatic rings. The van der Waals surface area contributed by atoms with Crippen molar-refractivity contribution >= 4 is 29.0 Å². The smallest absolute Gasteiger partial charge is 0.179 e. The van der Waals surface area contributed by atoms with E-state index in [1.165, 1.54) is 0 Å². The molecule has 2 bridgehead atoms. The van der Waals surface area contributed by atoms with Crippen molar-refractivity contribution in [2.75, 3.05) is 0 Å². The first-order valence-electron chi connectivity index (χ1n) is 5.74. The van der Waals surface area contributed by atoms with Crippen LogP contribution >= 0.6 is 23.2 Å². The molecule has 0 aliphatic heterocycles. The van der Waals surface area contributed by atoms with Crippen LogP contribution in [0.4, 0.5) is 0 Å². The molecule has 3 atom stereocenters.